The Labute approximate surface area is 224 Å². The molecule has 0 radical (unpaired) electrons. The van der Waals surface area contributed by atoms with E-state index >= 15 is 0 Å². The first-order valence-electron chi connectivity index (χ1n) is 14.0. The van der Waals surface area contributed by atoms with Gasteiger partial charge in [-0.3, -0.25) is 9.69 Å². The van der Waals surface area contributed by atoms with Gasteiger partial charge in [0.25, 0.3) is 0 Å². The highest BCUT2D eigenvalue weighted by atomic mass is 32.1. The van der Waals surface area contributed by atoms with Crippen molar-refractivity contribution in [3.8, 4) is 0 Å². The number of thiophene rings is 1. The summed E-state index contributed by atoms with van der Waals surface area (Å²) in [4.78, 5) is 28.9. The van der Waals surface area contributed by atoms with Crippen LogP contribution >= 0.6 is 11.3 Å². The van der Waals surface area contributed by atoms with Crippen LogP contribution in [0.2, 0.25) is 0 Å². The highest BCUT2D eigenvalue weighted by molar-refractivity contribution is 7.10. The van der Waals surface area contributed by atoms with E-state index in [2.05, 4.69) is 45.8 Å². The molecule has 0 spiro atoms. The SMILES string of the molecule is COC(=O)c1csc([C@H](CCN2C3CCC2CC(n2c(C)nnc2C(C)C)C3)NC(=O)C2CCCC2)c1. The van der Waals surface area contributed by atoms with Crippen molar-refractivity contribution in [2.45, 2.75) is 109 Å². The molecule has 0 aromatic carbocycles. The van der Waals surface area contributed by atoms with E-state index in [9.17, 15) is 9.59 Å². The maximum atomic E-state index is 13.1. The third-order valence-corrected chi connectivity index (χ3v) is 9.78. The lowest BCUT2D eigenvalue weighted by Gasteiger charge is -2.40. The molecule has 3 atom stereocenters. The zero-order chi connectivity index (χ0) is 26.1. The van der Waals surface area contributed by atoms with Crippen LogP contribution in [0.1, 0.15) is 117 Å². The average molecular weight is 528 g/mol. The van der Waals surface area contributed by atoms with E-state index in [4.69, 9.17) is 4.74 Å². The molecular formula is C28H41N5O3S. The Bertz CT molecular complexity index is 1090. The van der Waals surface area contributed by atoms with Crippen molar-refractivity contribution >= 4 is 23.2 Å². The van der Waals surface area contributed by atoms with E-state index in [1.54, 1.807) is 11.3 Å². The van der Waals surface area contributed by atoms with Crippen LogP contribution < -0.4 is 5.32 Å². The molecule has 2 saturated heterocycles. The van der Waals surface area contributed by atoms with Crippen molar-refractivity contribution in [1.29, 1.82) is 0 Å². The second-order valence-electron chi connectivity index (χ2n) is 11.4. The molecule has 3 aliphatic rings. The number of esters is 1. The summed E-state index contributed by atoms with van der Waals surface area (Å²) in [5.41, 5.74) is 0.564. The average Bonchev–Trinajstić information content (AvgIpc) is 3.68. The van der Waals surface area contributed by atoms with E-state index in [1.165, 1.54) is 20.0 Å². The maximum Gasteiger partial charge on any atom is 0.338 e. The van der Waals surface area contributed by atoms with E-state index in [1.807, 2.05) is 11.4 Å². The molecule has 37 heavy (non-hydrogen) atoms. The largest absolute Gasteiger partial charge is 0.465 e. The van der Waals surface area contributed by atoms with Gasteiger partial charge < -0.3 is 14.6 Å². The predicted octanol–water partition coefficient (Wildman–Crippen LogP) is 5.16. The van der Waals surface area contributed by atoms with E-state index < -0.39 is 0 Å². The minimum absolute atomic E-state index is 0.0822. The first-order chi connectivity index (χ1) is 17.9. The number of carbonyl (C=O) groups excluding carboxylic acids is 2. The number of rotatable bonds is 9. The molecule has 2 aliphatic heterocycles. The number of fused-ring (bicyclic) bond motifs is 2. The molecule has 9 heteroatoms. The first kappa shape index (κ1) is 26.4. The van der Waals surface area contributed by atoms with Gasteiger partial charge in [-0.15, -0.1) is 21.5 Å². The van der Waals surface area contributed by atoms with Gasteiger partial charge in [-0.25, -0.2) is 4.79 Å². The summed E-state index contributed by atoms with van der Waals surface area (Å²) in [6.45, 7) is 7.41. The lowest BCUT2D eigenvalue weighted by molar-refractivity contribution is -0.125. The van der Waals surface area contributed by atoms with Crippen LogP contribution in [0.3, 0.4) is 0 Å². The number of amides is 1. The molecule has 2 aromatic heterocycles. The third-order valence-electron chi connectivity index (χ3n) is 8.74. The number of methoxy groups -OCH3 is 1. The Balaban J connectivity index is 1.28. The molecule has 202 valence electrons. The van der Waals surface area contributed by atoms with E-state index in [0.717, 1.165) is 68.0 Å². The highest BCUT2D eigenvalue weighted by Gasteiger charge is 2.42. The summed E-state index contributed by atoms with van der Waals surface area (Å²) >= 11 is 1.54. The predicted molar refractivity (Wildman–Crippen MR) is 144 cm³/mol. The molecule has 2 bridgehead atoms. The summed E-state index contributed by atoms with van der Waals surface area (Å²) in [7, 11) is 1.41. The fourth-order valence-corrected chi connectivity index (χ4v) is 7.82. The Morgan fingerprint density at radius 3 is 2.46 bits per heavy atom. The molecule has 8 nitrogen and oxygen atoms in total. The number of ether oxygens (including phenoxy) is 1. The molecule has 1 aliphatic carbocycles. The highest BCUT2D eigenvalue weighted by Crippen LogP contribution is 2.42. The van der Waals surface area contributed by atoms with Gasteiger partial charge in [-0.05, 0) is 57.9 Å². The van der Waals surface area contributed by atoms with Crippen molar-refractivity contribution < 1.29 is 14.3 Å². The Hall–Kier alpha value is -2.26. The lowest BCUT2D eigenvalue weighted by Crippen LogP contribution is -2.45. The van der Waals surface area contributed by atoms with Gasteiger partial charge in [0.1, 0.15) is 11.6 Å². The summed E-state index contributed by atoms with van der Waals surface area (Å²) in [5.74, 6) is 2.45. The maximum absolute atomic E-state index is 13.1. The van der Waals surface area contributed by atoms with Crippen molar-refractivity contribution in [3.05, 3.63) is 33.5 Å². The molecular weight excluding hydrogens is 486 g/mol. The molecule has 4 heterocycles. The number of aromatic nitrogens is 3. The van der Waals surface area contributed by atoms with Gasteiger partial charge in [0, 0.05) is 46.8 Å². The normalized spacial score (nSPS) is 25.1. The standard InChI is InChI=1S/C28H41N5O3S/c1-17(2)26-31-30-18(3)33(26)23-14-21-9-10-22(15-23)32(21)12-11-24(29-27(34)19-7-5-6-8-19)25-13-20(16-37-25)28(35)36-4/h13,16-17,19,21-24H,5-12,14-15H2,1-4H3,(H,29,34)/t21?,22?,23?,24-/m0/s1. The first-order valence-corrected chi connectivity index (χ1v) is 14.9. The van der Waals surface area contributed by atoms with Crippen LogP contribution in [0.4, 0.5) is 0 Å². The molecule has 1 N–H and O–H groups in total. The molecule has 5 rings (SSSR count). The number of hydrogen-bond donors (Lipinski definition) is 1. The third kappa shape index (κ3) is 5.48. The van der Waals surface area contributed by atoms with Crippen molar-refractivity contribution in [2.75, 3.05) is 13.7 Å². The molecule has 1 amide bonds. The molecule has 3 fully saturated rings. The second kappa shape index (κ2) is 11.2. The van der Waals surface area contributed by atoms with Gasteiger partial charge >= 0.3 is 5.97 Å². The lowest BCUT2D eigenvalue weighted by atomic mass is 9.95. The van der Waals surface area contributed by atoms with Crippen LogP contribution in [-0.2, 0) is 9.53 Å². The number of carbonyl (C=O) groups is 2. The van der Waals surface area contributed by atoms with Crippen molar-refractivity contribution in [1.82, 2.24) is 25.0 Å². The van der Waals surface area contributed by atoms with Gasteiger partial charge in [0.2, 0.25) is 5.91 Å². The minimum atomic E-state index is -0.325. The van der Waals surface area contributed by atoms with Crippen LogP contribution in [0, 0.1) is 12.8 Å². The van der Waals surface area contributed by atoms with Gasteiger partial charge in [-0.1, -0.05) is 26.7 Å². The van der Waals surface area contributed by atoms with E-state index in [0.29, 0.717) is 29.6 Å². The summed E-state index contributed by atoms with van der Waals surface area (Å²) in [6, 6.07) is 3.37. The van der Waals surface area contributed by atoms with Crippen LogP contribution in [0.5, 0.6) is 0 Å². The molecule has 1 saturated carbocycles. The van der Waals surface area contributed by atoms with Crippen LogP contribution in [-0.4, -0.2) is 57.3 Å². The Morgan fingerprint density at radius 1 is 1.11 bits per heavy atom. The van der Waals surface area contributed by atoms with Crippen molar-refractivity contribution in [2.24, 2.45) is 5.92 Å². The zero-order valence-corrected chi connectivity index (χ0v) is 23.4. The topological polar surface area (TPSA) is 89.3 Å². The summed E-state index contributed by atoms with van der Waals surface area (Å²) in [5, 5.41) is 14.1. The Morgan fingerprint density at radius 2 is 1.81 bits per heavy atom. The van der Waals surface area contributed by atoms with Crippen LogP contribution in [0.25, 0.3) is 0 Å². The number of nitrogens with one attached hydrogen (secondary N) is 1. The number of aryl methyl sites for hydroxylation is 1. The van der Waals surface area contributed by atoms with E-state index in [-0.39, 0.29) is 23.8 Å². The Kier molecular flexibility index (Phi) is 8.00. The zero-order valence-electron chi connectivity index (χ0n) is 22.6. The monoisotopic (exact) mass is 527 g/mol. The quantitative estimate of drug-likeness (QED) is 0.453. The number of nitrogens with zero attached hydrogens (tertiary/aromatic N) is 4. The van der Waals surface area contributed by atoms with Gasteiger partial charge in [0.05, 0.1) is 18.7 Å². The van der Waals surface area contributed by atoms with Crippen LogP contribution in [0.15, 0.2) is 11.4 Å². The van der Waals surface area contributed by atoms with Gasteiger partial charge in [-0.2, -0.15) is 0 Å². The fraction of sp³-hybridized carbons (Fsp3) is 0.714. The number of piperidine rings is 1. The summed E-state index contributed by atoms with van der Waals surface area (Å²) in [6.07, 6.45) is 9.78. The summed E-state index contributed by atoms with van der Waals surface area (Å²) < 4.78 is 7.32. The van der Waals surface area contributed by atoms with Crippen molar-refractivity contribution in [3.63, 3.8) is 0 Å². The molecule has 2 unspecified atom stereocenters. The molecule has 2 aromatic rings. The fourth-order valence-electron chi connectivity index (χ4n) is 6.85. The minimum Gasteiger partial charge on any atom is -0.465 e. The second-order valence-corrected chi connectivity index (χ2v) is 12.4. The number of hydrogen-bond acceptors (Lipinski definition) is 7. The smallest absolute Gasteiger partial charge is 0.338 e. The van der Waals surface area contributed by atoms with Gasteiger partial charge in [0.15, 0.2) is 0 Å².